The second kappa shape index (κ2) is 42.8. The lowest BCUT2D eigenvalue weighted by atomic mass is 10.2. The minimum absolute atomic E-state index is 0.0404. The summed E-state index contributed by atoms with van der Waals surface area (Å²) in [5.41, 5.74) is 25.2. The van der Waals surface area contributed by atoms with E-state index in [1.807, 2.05) is 30.3 Å². The summed E-state index contributed by atoms with van der Waals surface area (Å²) in [6.07, 6.45) is -3.71. The fourth-order valence-corrected chi connectivity index (χ4v) is 3.18. The molecule has 0 amide bonds. The summed E-state index contributed by atoms with van der Waals surface area (Å²) in [7, 11) is 2.22. The molecular formula is C41H54Cl3F5N6O18. The molecule has 0 radical (unpaired) electrons. The highest BCUT2D eigenvalue weighted by Gasteiger charge is 2.36. The van der Waals surface area contributed by atoms with Crippen molar-refractivity contribution in [3.05, 3.63) is 107 Å². The fraction of sp³-hybridized carbons (Fsp3) is 0.341. The van der Waals surface area contributed by atoms with Crippen LogP contribution < -0.4 is 34.0 Å². The Bertz CT molecular complexity index is 2090. The van der Waals surface area contributed by atoms with Crippen LogP contribution in [0, 0.1) is 0 Å². The number of nitrogens with two attached hydrogens (primary N) is 5. The van der Waals surface area contributed by atoms with Gasteiger partial charge in [0.2, 0.25) is 11.6 Å². The number of rotatable bonds is 20. The van der Waals surface area contributed by atoms with E-state index in [9.17, 15) is 65.1 Å². The molecule has 17 N–H and O–H groups in total. The largest absolute Gasteiger partial charge is 0.463 e. The van der Waals surface area contributed by atoms with E-state index >= 15 is 0 Å². The van der Waals surface area contributed by atoms with Crippen LogP contribution >= 0.6 is 34.8 Å². The van der Waals surface area contributed by atoms with Gasteiger partial charge in [0.15, 0.2) is 0 Å². The molecule has 1 aromatic carbocycles. The van der Waals surface area contributed by atoms with Crippen LogP contribution in [0.15, 0.2) is 101 Å². The normalized spacial score (nSPS) is 11.8. The second-order valence-electron chi connectivity index (χ2n) is 12.3. The number of carbonyl (C=O) groups is 9. The number of aliphatic hydroxyl groups excluding tert-OH is 6. The fourth-order valence-electron chi connectivity index (χ4n) is 3.01. The van der Waals surface area contributed by atoms with Crippen molar-refractivity contribution in [2.75, 3.05) is 60.5 Å². The third kappa shape index (κ3) is 43.7. The van der Waals surface area contributed by atoms with Gasteiger partial charge in [0, 0.05) is 77.2 Å². The third-order valence-electron chi connectivity index (χ3n) is 6.37. The van der Waals surface area contributed by atoms with Crippen LogP contribution in [-0.2, 0) is 63.9 Å². The first-order chi connectivity index (χ1) is 33.7. The van der Waals surface area contributed by atoms with E-state index in [0.717, 1.165) is 44.1 Å². The molecule has 412 valence electrons. The summed E-state index contributed by atoms with van der Waals surface area (Å²) >= 11 is 15.6. The summed E-state index contributed by atoms with van der Waals surface area (Å²) in [5.74, 6) is -9.67. The molecule has 0 heterocycles. The van der Waals surface area contributed by atoms with E-state index in [2.05, 4.69) is 19.5 Å². The van der Waals surface area contributed by atoms with Crippen molar-refractivity contribution in [1.82, 2.24) is 5.32 Å². The Balaban J connectivity index is -0.000000257. The van der Waals surface area contributed by atoms with Gasteiger partial charge in [0.05, 0.1) is 60.5 Å². The predicted octanol–water partition coefficient (Wildman–Crippen LogP) is -1.72. The van der Waals surface area contributed by atoms with Gasteiger partial charge in [-0.3, -0.25) is 28.8 Å². The summed E-state index contributed by atoms with van der Waals surface area (Å²) < 4.78 is 67.8. The number of ketones is 6. The van der Waals surface area contributed by atoms with Crippen LogP contribution in [-0.4, -0.2) is 160 Å². The van der Waals surface area contributed by atoms with Gasteiger partial charge in [-0.05, 0) is 12.5 Å². The molecule has 0 unspecified atom stereocenters. The highest BCUT2D eigenvalue weighted by atomic mass is 35.6. The van der Waals surface area contributed by atoms with Gasteiger partial charge in [0.1, 0.15) is 0 Å². The van der Waals surface area contributed by atoms with Crippen molar-refractivity contribution >= 4 is 87.4 Å². The molecular weight excluding hydrogens is 1070 g/mol. The second-order valence-corrected chi connectivity index (χ2v) is 14.6. The van der Waals surface area contributed by atoms with Crippen molar-refractivity contribution in [2.45, 2.75) is 29.9 Å². The Morgan fingerprint density at radius 3 is 1.26 bits per heavy atom. The van der Waals surface area contributed by atoms with Gasteiger partial charge in [-0.15, -0.1) is 0 Å². The monoisotopic (exact) mass is 1120 g/mol. The molecule has 1 rings (SSSR count). The number of aliphatic hydroxyl groups is 6. The molecule has 73 heavy (non-hydrogen) atoms. The average molecular weight is 1120 g/mol. The SMILES string of the molecule is CCOC(=O)C(=O)C=C(N)CO.COC(=O)C(=O)C=C(CO)NCc1ccccc1.COC(=O)C(=O)C=C(N)CO.NC(=CC(=O)C(Cl)(Cl)Cl)CO.NC(=CC(=O)C(F)(F)F)CO.NC(=CC(=O)C(F)F)CO. The van der Waals surface area contributed by atoms with Crippen molar-refractivity contribution in [3.63, 3.8) is 0 Å². The standard InChI is InChI=1S/C13H15NO4.C7H11NO4.C6H9NO4.C5H6Cl3NO2.C5H6F3NO2.C5H7F2NO2/c1-18-13(17)12(16)7-11(9-15)14-8-10-5-3-2-4-6-10;1-2-12-7(11)6(10)3-5(8)4-9;1-11-6(10)5(9)2-4(7)3-8;2*6-5(7,8)4(11)1-3(9)2-10;6-5(7)4(10)1-3(8)2-9/h2-7,14-15H,8-9H2,1H3;3,9H,2,4,8H2,1H3;2,8H,3,7H2,1H3;2*1,10H,2,9H2;1,5,9H,2,8H2. The summed E-state index contributed by atoms with van der Waals surface area (Å²) in [5, 5.41) is 53.4. The van der Waals surface area contributed by atoms with Crippen molar-refractivity contribution in [3.8, 4) is 0 Å². The zero-order valence-electron chi connectivity index (χ0n) is 38.6. The van der Waals surface area contributed by atoms with Crippen LogP contribution in [0.2, 0.25) is 0 Å². The van der Waals surface area contributed by atoms with Gasteiger partial charge >= 0.3 is 24.1 Å². The maximum absolute atomic E-state index is 11.4. The predicted molar refractivity (Wildman–Crippen MR) is 248 cm³/mol. The number of alkyl halides is 8. The quantitative estimate of drug-likeness (QED) is 0.0173. The first-order valence-electron chi connectivity index (χ1n) is 19.2. The van der Waals surface area contributed by atoms with Gasteiger partial charge in [-0.2, -0.15) is 13.2 Å². The Labute approximate surface area is 427 Å². The molecule has 0 aliphatic heterocycles. The van der Waals surface area contributed by atoms with Crippen molar-refractivity contribution < 1.29 is 110 Å². The zero-order chi connectivity index (χ0) is 58.1. The molecule has 0 fully saturated rings. The third-order valence-corrected chi connectivity index (χ3v) is 6.93. The van der Waals surface area contributed by atoms with Crippen molar-refractivity contribution in [1.29, 1.82) is 0 Å². The zero-order valence-corrected chi connectivity index (χ0v) is 40.8. The molecule has 0 saturated carbocycles. The minimum Gasteiger partial charge on any atom is -0.463 e. The summed E-state index contributed by atoms with van der Waals surface area (Å²) in [4.78, 5) is 95.5. The Morgan fingerprint density at radius 2 is 0.932 bits per heavy atom. The minimum atomic E-state index is -4.92. The number of carbonyl (C=O) groups excluding carboxylic acids is 9. The first-order valence-corrected chi connectivity index (χ1v) is 20.3. The average Bonchev–Trinajstić information content (AvgIpc) is 3.34. The van der Waals surface area contributed by atoms with Gasteiger partial charge in [-0.25, -0.2) is 23.2 Å². The van der Waals surface area contributed by atoms with Crippen LogP contribution in [0.5, 0.6) is 0 Å². The molecule has 0 spiro atoms. The maximum atomic E-state index is 11.4. The molecule has 0 saturated heterocycles. The van der Waals surface area contributed by atoms with E-state index in [1.54, 1.807) is 6.92 Å². The number of methoxy groups -OCH3 is 2. The van der Waals surface area contributed by atoms with Gasteiger partial charge < -0.3 is 78.8 Å². The number of ether oxygens (including phenoxy) is 3. The Morgan fingerprint density at radius 1 is 0.575 bits per heavy atom. The molecule has 0 aliphatic rings. The van der Waals surface area contributed by atoms with E-state index in [0.29, 0.717) is 12.6 Å². The molecule has 0 atom stereocenters. The number of hydrogen-bond acceptors (Lipinski definition) is 24. The Kier molecular flexibility index (Phi) is 44.1. The van der Waals surface area contributed by atoms with E-state index in [4.69, 9.17) is 94.1 Å². The van der Waals surface area contributed by atoms with Gasteiger partial charge in [-0.1, -0.05) is 65.1 Å². The topological polar surface area (TPSA) is 445 Å². The van der Waals surface area contributed by atoms with Gasteiger partial charge in [0.25, 0.3) is 33.4 Å². The van der Waals surface area contributed by atoms with E-state index in [1.165, 1.54) is 0 Å². The van der Waals surface area contributed by atoms with Crippen LogP contribution in [0.4, 0.5) is 22.0 Å². The number of esters is 3. The van der Waals surface area contributed by atoms with E-state index in [-0.39, 0.29) is 47.8 Å². The highest BCUT2D eigenvalue weighted by molar-refractivity contribution is 6.77. The lowest BCUT2D eigenvalue weighted by Gasteiger charge is -2.08. The van der Waals surface area contributed by atoms with E-state index < -0.39 is 108 Å². The Hall–Kier alpha value is -6.83. The summed E-state index contributed by atoms with van der Waals surface area (Å²) in [6.45, 7) is -0.861. The number of allylic oxidation sites excluding steroid dienone is 3. The molecule has 24 nitrogen and oxygen atoms in total. The summed E-state index contributed by atoms with van der Waals surface area (Å²) in [6, 6.07) is 9.49. The highest BCUT2D eigenvalue weighted by Crippen LogP contribution is 2.27. The van der Waals surface area contributed by atoms with Crippen LogP contribution in [0.1, 0.15) is 12.5 Å². The lowest BCUT2D eigenvalue weighted by Crippen LogP contribution is -2.22. The lowest BCUT2D eigenvalue weighted by molar-refractivity contribution is -0.165. The molecule has 32 heteroatoms. The molecule has 0 aliphatic carbocycles. The van der Waals surface area contributed by atoms with Crippen molar-refractivity contribution in [2.24, 2.45) is 28.7 Å². The van der Waals surface area contributed by atoms with Crippen LogP contribution in [0.25, 0.3) is 0 Å². The number of halogens is 8. The number of nitrogens with one attached hydrogen (secondary N) is 1. The first kappa shape index (κ1) is 75.1. The number of benzene rings is 1. The maximum Gasteiger partial charge on any atom is 0.454 e. The molecule has 1 aromatic rings. The molecule has 0 aromatic heterocycles. The number of hydrogen-bond donors (Lipinski definition) is 12. The van der Waals surface area contributed by atoms with Crippen LogP contribution in [0.3, 0.4) is 0 Å². The molecule has 0 bridgehead atoms. The smallest absolute Gasteiger partial charge is 0.454 e.